The highest BCUT2D eigenvalue weighted by molar-refractivity contribution is 5.80. The van der Waals surface area contributed by atoms with Gasteiger partial charge in [0.15, 0.2) is 5.82 Å². The van der Waals surface area contributed by atoms with Crippen LogP contribution in [0, 0.1) is 5.92 Å². The van der Waals surface area contributed by atoms with E-state index in [2.05, 4.69) is 25.3 Å². The largest absolute Gasteiger partial charge is 0.334 e. The first-order valence-corrected chi connectivity index (χ1v) is 8.48. The molecule has 0 spiro atoms. The third-order valence-corrected chi connectivity index (χ3v) is 4.81. The topological polar surface area (TPSA) is 83.9 Å². The van der Waals surface area contributed by atoms with Crippen LogP contribution in [0.3, 0.4) is 0 Å². The van der Waals surface area contributed by atoms with Gasteiger partial charge in [0, 0.05) is 31.1 Å². The Morgan fingerprint density at radius 1 is 1.12 bits per heavy atom. The number of carbonyl (C=O) groups excluding carboxylic acids is 1. The molecule has 1 saturated heterocycles. The fraction of sp³-hybridized carbons (Fsp3) is 0.471. The van der Waals surface area contributed by atoms with E-state index < -0.39 is 0 Å². The molecule has 1 amide bonds. The number of nitrogens with one attached hydrogen (secondary N) is 1. The minimum absolute atomic E-state index is 0.0588. The highest BCUT2D eigenvalue weighted by Gasteiger charge is 2.36. The van der Waals surface area contributed by atoms with Crippen molar-refractivity contribution >= 4 is 17.7 Å². The van der Waals surface area contributed by atoms with E-state index >= 15 is 0 Å². The number of amides is 1. The van der Waals surface area contributed by atoms with E-state index in [1.54, 1.807) is 24.8 Å². The normalized spacial score (nSPS) is 20.7. The van der Waals surface area contributed by atoms with Gasteiger partial charge < -0.3 is 10.2 Å². The summed E-state index contributed by atoms with van der Waals surface area (Å²) in [6, 6.07) is 1.96. The Balaban J connectivity index is 1.52. The van der Waals surface area contributed by atoms with Gasteiger partial charge >= 0.3 is 0 Å². The van der Waals surface area contributed by atoms with Crippen LogP contribution < -0.4 is 5.32 Å². The Bertz CT molecular complexity index is 718. The second kappa shape index (κ2) is 6.51. The number of aromatic nitrogens is 4. The van der Waals surface area contributed by atoms with Gasteiger partial charge in [0.1, 0.15) is 0 Å². The van der Waals surface area contributed by atoms with Crippen LogP contribution in [0.1, 0.15) is 43.8 Å². The van der Waals surface area contributed by atoms with Crippen LogP contribution >= 0.6 is 0 Å². The number of anilines is 2. The lowest BCUT2D eigenvalue weighted by atomic mass is 9.84. The molecule has 2 aromatic rings. The van der Waals surface area contributed by atoms with Gasteiger partial charge in [-0.3, -0.25) is 9.78 Å². The van der Waals surface area contributed by atoms with Crippen molar-refractivity contribution in [3.05, 3.63) is 36.5 Å². The van der Waals surface area contributed by atoms with Crippen molar-refractivity contribution in [3.63, 3.8) is 0 Å². The molecule has 7 nitrogen and oxygen atoms in total. The fourth-order valence-electron chi connectivity index (χ4n) is 3.32. The number of likely N-dealkylation sites (tertiary alicyclic amines) is 1. The molecule has 124 valence electrons. The summed E-state index contributed by atoms with van der Waals surface area (Å²) < 4.78 is 0. The van der Waals surface area contributed by atoms with E-state index in [-0.39, 0.29) is 12.0 Å². The highest BCUT2D eigenvalue weighted by atomic mass is 16.2. The third-order valence-electron chi connectivity index (χ3n) is 4.81. The van der Waals surface area contributed by atoms with Crippen LogP contribution in [0.15, 0.2) is 30.9 Å². The molecule has 1 aliphatic heterocycles. The Hall–Kier alpha value is -2.57. The van der Waals surface area contributed by atoms with E-state index in [0.29, 0.717) is 17.7 Å². The maximum atomic E-state index is 12.6. The van der Waals surface area contributed by atoms with Crippen molar-refractivity contribution in [2.24, 2.45) is 5.92 Å². The fourth-order valence-corrected chi connectivity index (χ4v) is 3.32. The van der Waals surface area contributed by atoms with Gasteiger partial charge in [0.2, 0.25) is 11.9 Å². The second-order valence-electron chi connectivity index (χ2n) is 6.34. The zero-order chi connectivity index (χ0) is 16.4. The number of carbonyl (C=O) groups is 1. The zero-order valence-corrected chi connectivity index (χ0v) is 13.4. The van der Waals surface area contributed by atoms with Crippen molar-refractivity contribution in [1.29, 1.82) is 0 Å². The summed E-state index contributed by atoms with van der Waals surface area (Å²) in [6.07, 6.45) is 11.8. The number of nitrogens with zero attached hydrogens (tertiary/aromatic N) is 5. The lowest BCUT2D eigenvalue weighted by molar-refractivity contribution is -0.139. The number of rotatable bonds is 4. The monoisotopic (exact) mass is 324 g/mol. The van der Waals surface area contributed by atoms with Crippen LogP contribution in [0.2, 0.25) is 0 Å². The molecule has 1 unspecified atom stereocenters. The molecule has 2 aromatic heterocycles. The average Bonchev–Trinajstić information content (AvgIpc) is 3.04. The highest BCUT2D eigenvalue weighted by Crippen LogP contribution is 2.36. The smallest absolute Gasteiger partial charge is 0.228 e. The van der Waals surface area contributed by atoms with Crippen LogP contribution in [-0.2, 0) is 4.79 Å². The van der Waals surface area contributed by atoms with E-state index in [1.807, 2.05) is 11.0 Å². The van der Waals surface area contributed by atoms with Crippen molar-refractivity contribution in [2.75, 3.05) is 11.9 Å². The third kappa shape index (κ3) is 2.93. The van der Waals surface area contributed by atoms with Crippen molar-refractivity contribution in [1.82, 2.24) is 24.8 Å². The molecule has 2 aliphatic rings. The summed E-state index contributed by atoms with van der Waals surface area (Å²) in [5, 5.41) is 3.06. The van der Waals surface area contributed by atoms with Crippen LogP contribution in [0.5, 0.6) is 0 Å². The molecule has 1 aliphatic carbocycles. The quantitative estimate of drug-likeness (QED) is 0.930. The lowest BCUT2D eigenvalue weighted by Crippen LogP contribution is -2.38. The summed E-state index contributed by atoms with van der Waals surface area (Å²) in [5.41, 5.74) is 0.890. The van der Waals surface area contributed by atoms with Crippen LogP contribution in [0.4, 0.5) is 11.8 Å². The lowest BCUT2D eigenvalue weighted by Gasteiger charge is -2.32. The molecule has 1 atom stereocenters. The Morgan fingerprint density at radius 3 is 2.79 bits per heavy atom. The van der Waals surface area contributed by atoms with Crippen LogP contribution in [-0.4, -0.2) is 37.3 Å². The van der Waals surface area contributed by atoms with Crippen LogP contribution in [0.25, 0.3) is 0 Å². The van der Waals surface area contributed by atoms with E-state index in [4.69, 9.17) is 0 Å². The predicted molar refractivity (Wildman–Crippen MR) is 88.4 cm³/mol. The van der Waals surface area contributed by atoms with Gasteiger partial charge in [-0.1, -0.05) is 6.42 Å². The Labute approximate surface area is 140 Å². The SMILES string of the molecule is O=C(C1CCC1)N1CCCC1c1ccnc(Nc2cnccn2)n1. The maximum absolute atomic E-state index is 12.6. The average molecular weight is 324 g/mol. The minimum atomic E-state index is 0.0588. The summed E-state index contributed by atoms with van der Waals surface area (Å²) >= 11 is 0. The Kier molecular flexibility index (Phi) is 4.06. The molecule has 7 heteroatoms. The molecular formula is C17H20N6O. The molecule has 4 rings (SSSR count). The molecule has 3 heterocycles. The molecule has 0 bridgehead atoms. The minimum Gasteiger partial charge on any atom is -0.334 e. The first kappa shape index (κ1) is 15.0. The zero-order valence-electron chi connectivity index (χ0n) is 13.4. The summed E-state index contributed by atoms with van der Waals surface area (Å²) in [5.74, 6) is 1.61. The first-order valence-electron chi connectivity index (χ1n) is 8.48. The standard InChI is InChI=1S/C17H20N6O/c24-16(12-3-1-4-12)23-10-2-5-14(23)13-6-7-20-17(21-13)22-15-11-18-8-9-19-15/h6-9,11-12,14H,1-5,10H2,(H,19,20,21,22). The van der Waals surface area contributed by atoms with E-state index in [9.17, 15) is 4.79 Å². The molecule has 1 saturated carbocycles. The molecule has 0 radical (unpaired) electrons. The van der Waals surface area contributed by atoms with Crippen molar-refractivity contribution in [3.8, 4) is 0 Å². The molecule has 2 fully saturated rings. The van der Waals surface area contributed by atoms with Gasteiger partial charge in [-0.2, -0.15) is 0 Å². The molecular weight excluding hydrogens is 304 g/mol. The summed E-state index contributed by atoms with van der Waals surface area (Å²) in [7, 11) is 0. The predicted octanol–water partition coefficient (Wildman–Crippen LogP) is 2.47. The van der Waals surface area contributed by atoms with Crippen molar-refractivity contribution in [2.45, 2.75) is 38.1 Å². The maximum Gasteiger partial charge on any atom is 0.228 e. The molecule has 24 heavy (non-hydrogen) atoms. The summed E-state index contributed by atoms with van der Waals surface area (Å²) in [4.78, 5) is 31.7. The van der Waals surface area contributed by atoms with E-state index in [1.165, 1.54) is 6.42 Å². The number of hydrogen-bond donors (Lipinski definition) is 1. The summed E-state index contributed by atoms with van der Waals surface area (Å²) in [6.45, 7) is 0.830. The first-order chi connectivity index (χ1) is 11.8. The molecule has 0 aromatic carbocycles. The molecule has 1 N–H and O–H groups in total. The van der Waals surface area contributed by atoms with E-state index in [0.717, 1.165) is 37.9 Å². The number of hydrogen-bond acceptors (Lipinski definition) is 6. The van der Waals surface area contributed by atoms with Gasteiger partial charge in [-0.15, -0.1) is 0 Å². The van der Waals surface area contributed by atoms with Crippen molar-refractivity contribution < 1.29 is 4.79 Å². The van der Waals surface area contributed by atoms with Gasteiger partial charge in [-0.25, -0.2) is 15.0 Å². The van der Waals surface area contributed by atoms with Gasteiger partial charge in [0.05, 0.1) is 17.9 Å². The second-order valence-corrected chi connectivity index (χ2v) is 6.34. The Morgan fingerprint density at radius 2 is 2.04 bits per heavy atom. The van der Waals surface area contributed by atoms with Gasteiger partial charge in [-0.05, 0) is 31.7 Å². The van der Waals surface area contributed by atoms with Gasteiger partial charge in [0.25, 0.3) is 0 Å².